The maximum absolute atomic E-state index is 11.2. The maximum Gasteiger partial charge on any atom is 0.333 e. The number of alkyl halides is 2. The van der Waals surface area contributed by atoms with Gasteiger partial charge in [0.1, 0.15) is 6.10 Å². The Bertz CT molecular complexity index is 1300. The summed E-state index contributed by atoms with van der Waals surface area (Å²) in [6, 6.07) is 0. The zero-order chi connectivity index (χ0) is 44.8. The first-order chi connectivity index (χ1) is 26.7. The van der Waals surface area contributed by atoms with Crippen LogP contribution in [0.5, 0.6) is 0 Å². The van der Waals surface area contributed by atoms with E-state index in [-0.39, 0.29) is 42.4 Å². The monoisotopic (exact) mass is 1360 g/mol. The van der Waals surface area contributed by atoms with E-state index in [1.54, 1.807) is 12.2 Å². The Hall–Kier alpha value is 0.450. The van der Waals surface area contributed by atoms with Crippen LogP contribution in [-0.4, -0.2) is 75.7 Å². The molecule has 1 aliphatic rings. The molecule has 57 heavy (non-hydrogen) atoms. The number of rotatable bonds is 18. The third-order valence-electron chi connectivity index (χ3n) is 9.91. The topological polar surface area (TPSA) is 112 Å². The number of aliphatic hydroxyl groups excluding tert-OH is 2. The highest BCUT2D eigenvalue weighted by Crippen LogP contribution is 2.31. The van der Waals surface area contributed by atoms with Gasteiger partial charge in [-0.1, -0.05) is 179 Å². The molecule has 2 N–H and O–H groups in total. The lowest BCUT2D eigenvalue weighted by molar-refractivity contribution is -0.147. The molecule has 1 fully saturated rings. The van der Waals surface area contributed by atoms with Crippen LogP contribution in [0.15, 0.2) is 78.3 Å². The zero-order valence-electron chi connectivity index (χ0n) is 36.2. The van der Waals surface area contributed by atoms with Crippen LogP contribution in [0.2, 0.25) is 0 Å². The Labute approximate surface area is 414 Å². The van der Waals surface area contributed by atoms with Gasteiger partial charge in [-0.25, -0.2) is 4.79 Å². The van der Waals surface area contributed by atoms with E-state index in [1.807, 2.05) is 52.9 Å². The number of carbonyl (C=O) groups is 2. The standard InChI is InChI=1S/C14H22O3.C13H20I2O3.C9H16I2O.C8H13IO/c1-5-6-10(2)14-11(3)7-8-12(17-14)9-13(15)16-4;1-9(7-14)11(3)13(10(2)8-15)18-6-5-12(16)17-4;1-6(4-10)8(3)9(12)7(2)5-11;1-4-6(2)8(10)7(3)5-9/h5-6,11-12,14H,1,7-9H2,2-4H3;5-6,8-9,11,13H,7H2,1-4H3;5-6,8-9,12H,4H2,1-3H3;4-6,8,10H,1H2,2-3H3/b10-6+;6-5+,10-8+;2*7-5+/t11-,12+,14+;9-,11-,13+;6-,8-,9+;6-,8-/m0000/s1. The van der Waals surface area contributed by atoms with Crippen LogP contribution < -0.4 is 0 Å². The molecule has 0 aromatic carbocycles. The molecule has 0 spiro atoms. The van der Waals surface area contributed by atoms with Crippen molar-refractivity contribution >= 4 is 125 Å². The molecule has 11 atom stereocenters. The van der Waals surface area contributed by atoms with Gasteiger partial charge in [-0.15, -0.1) is 6.58 Å². The minimum Gasteiger partial charge on any atom is -0.493 e. The van der Waals surface area contributed by atoms with Crippen LogP contribution in [0.1, 0.15) is 88.5 Å². The smallest absolute Gasteiger partial charge is 0.333 e. The van der Waals surface area contributed by atoms with E-state index < -0.39 is 5.97 Å². The van der Waals surface area contributed by atoms with Gasteiger partial charge in [0.05, 0.1) is 57.4 Å². The number of methoxy groups -OCH3 is 2. The van der Waals surface area contributed by atoms with Crippen molar-refractivity contribution in [1.29, 1.82) is 0 Å². The van der Waals surface area contributed by atoms with Crippen LogP contribution in [0.3, 0.4) is 0 Å². The highest BCUT2D eigenvalue weighted by atomic mass is 127. The van der Waals surface area contributed by atoms with E-state index >= 15 is 0 Å². The van der Waals surface area contributed by atoms with Crippen LogP contribution >= 0.6 is 113 Å². The normalized spacial score (nSPS) is 21.8. The minimum absolute atomic E-state index is 0.00688. The minimum atomic E-state index is -0.403. The summed E-state index contributed by atoms with van der Waals surface area (Å²) >= 11 is 11.3. The lowest BCUT2D eigenvalue weighted by atomic mass is 9.88. The van der Waals surface area contributed by atoms with Crippen molar-refractivity contribution in [1.82, 2.24) is 0 Å². The molecule has 1 saturated heterocycles. The second-order valence-corrected chi connectivity index (χ2v) is 18.2. The predicted octanol–water partition coefficient (Wildman–Crippen LogP) is 12.9. The number of hydrogen-bond acceptors (Lipinski definition) is 8. The lowest BCUT2D eigenvalue weighted by Crippen LogP contribution is -2.35. The molecular formula is C44H71I5O8. The molecule has 0 radical (unpaired) electrons. The number of allylic oxidation sites excluding steroid dienone is 2. The molecule has 1 heterocycles. The Morgan fingerprint density at radius 1 is 0.807 bits per heavy atom. The number of hydrogen-bond donors (Lipinski definition) is 2. The molecule has 0 aliphatic carbocycles. The third kappa shape index (κ3) is 27.2. The maximum atomic E-state index is 11.2. The van der Waals surface area contributed by atoms with E-state index in [9.17, 15) is 19.8 Å². The van der Waals surface area contributed by atoms with Crippen LogP contribution in [0.25, 0.3) is 0 Å². The first kappa shape index (κ1) is 61.7. The summed E-state index contributed by atoms with van der Waals surface area (Å²) in [5, 5.41) is 19.3. The molecule has 1 aliphatic heterocycles. The largest absolute Gasteiger partial charge is 0.493 e. The van der Waals surface area contributed by atoms with Gasteiger partial charge >= 0.3 is 11.9 Å². The Balaban J connectivity index is -0.000000700. The van der Waals surface area contributed by atoms with Crippen molar-refractivity contribution in [3.05, 3.63) is 78.3 Å². The van der Waals surface area contributed by atoms with Gasteiger partial charge < -0.3 is 29.2 Å². The average Bonchev–Trinajstić information content (AvgIpc) is 3.23. The Morgan fingerprint density at radius 3 is 1.75 bits per heavy atom. The zero-order valence-corrected chi connectivity index (χ0v) is 46.9. The summed E-state index contributed by atoms with van der Waals surface area (Å²) in [5.41, 5.74) is 4.39. The van der Waals surface area contributed by atoms with Crippen molar-refractivity contribution in [3.8, 4) is 0 Å². The van der Waals surface area contributed by atoms with Crippen molar-refractivity contribution < 1.29 is 38.7 Å². The summed E-state index contributed by atoms with van der Waals surface area (Å²) in [6.45, 7) is 28.1. The molecule has 1 rings (SSSR count). The Morgan fingerprint density at radius 2 is 1.32 bits per heavy atom. The summed E-state index contributed by atoms with van der Waals surface area (Å²) in [7, 11) is 2.76. The SMILES string of the molecule is C/C(=C\I)[C@@H](O)[C@@H](C)[C@@H](C)CI.C=C/C=C(\C)[C@H]1O[C@@H](CC(=O)OC)CC[C@@H]1C.C=C[C@H](C)[C@H](O)/C(C)=C/I.COC(=O)/C=C/O[C@H](/C(C)=C/I)[C@@H](C)[C@@H](C)CI. The number of ether oxygens (including phenoxy) is 4. The fourth-order valence-corrected chi connectivity index (χ4v) is 7.89. The molecule has 0 bridgehead atoms. The lowest BCUT2D eigenvalue weighted by Gasteiger charge is -2.35. The third-order valence-corrected chi connectivity index (χ3v) is 15.6. The Kier molecular flexibility index (Phi) is 40.1. The highest BCUT2D eigenvalue weighted by Gasteiger charge is 2.30. The van der Waals surface area contributed by atoms with Crippen LogP contribution in [0.4, 0.5) is 0 Å². The molecule has 0 aromatic rings. The molecule has 0 unspecified atom stereocenters. The average molecular weight is 1360 g/mol. The fraction of sp³-hybridized carbons (Fsp3) is 0.636. The first-order valence-corrected chi connectivity index (χ1v) is 25.8. The number of esters is 2. The summed E-state index contributed by atoms with van der Waals surface area (Å²) in [6.07, 6.45) is 10.0. The van der Waals surface area contributed by atoms with Gasteiger partial charge in [0, 0.05) is 20.7 Å². The van der Waals surface area contributed by atoms with Crippen molar-refractivity contribution in [2.75, 3.05) is 23.1 Å². The predicted molar refractivity (Wildman–Crippen MR) is 283 cm³/mol. The molecule has 0 amide bonds. The van der Waals surface area contributed by atoms with Gasteiger partial charge in [-0.2, -0.15) is 0 Å². The van der Waals surface area contributed by atoms with Gasteiger partial charge in [0.2, 0.25) is 0 Å². The van der Waals surface area contributed by atoms with Crippen LogP contribution in [0, 0.1) is 35.5 Å². The number of carbonyl (C=O) groups excluding carboxylic acids is 2. The van der Waals surface area contributed by atoms with E-state index in [2.05, 4.69) is 170 Å². The van der Waals surface area contributed by atoms with E-state index in [0.717, 1.165) is 38.4 Å². The second-order valence-electron chi connectivity index (χ2n) is 14.6. The quantitative estimate of drug-likeness (QED) is 0.0266. The summed E-state index contributed by atoms with van der Waals surface area (Å²) in [5.74, 6) is 1.89. The van der Waals surface area contributed by atoms with Crippen molar-refractivity contribution in [2.24, 2.45) is 35.5 Å². The van der Waals surface area contributed by atoms with Gasteiger partial charge in [0.15, 0.2) is 0 Å². The molecule has 0 saturated carbocycles. The molecular weight excluding hydrogens is 1290 g/mol. The van der Waals surface area contributed by atoms with Gasteiger partial charge in [0.25, 0.3) is 0 Å². The number of halogens is 5. The van der Waals surface area contributed by atoms with Crippen molar-refractivity contribution in [3.63, 3.8) is 0 Å². The first-order valence-electron chi connectivity index (χ1n) is 19.1. The summed E-state index contributed by atoms with van der Waals surface area (Å²) in [4.78, 5) is 22.2. The molecule has 330 valence electrons. The van der Waals surface area contributed by atoms with E-state index in [1.165, 1.54) is 32.1 Å². The van der Waals surface area contributed by atoms with Crippen LogP contribution in [-0.2, 0) is 28.5 Å². The van der Waals surface area contributed by atoms with E-state index in [4.69, 9.17) is 9.47 Å². The molecule has 8 nitrogen and oxygen atoms in total. The van der Waals surface area contributed by atoms with Crippen molar-refractivity contribution in [2.45, 2.75) is 119 Å². The van der Waals surface area contributed by atoms with Gasteiger partial charge in [-0.05, 0) is 98.7 Å². The van der Waals surface area contributed by atoms with E-state index in [0.29, 0.717) is 36.0 Å². The summed E-state index contributed by atoms with van der Waals surface area (Å²) < 4.78 is 28.9. The molecule has 13 heteroatoms. The number of aliphatic hydroxyl groups is 2. The fourth-order valence-electron chi connectivity index (χ4n) is 5.20. The second kappa shape index (κ2) is 37.0. The molecule has 0 aromatic heterocycles. The highest BCUT2D eigenvalue weighted by molar-refractivity contribution is 14.1. The van der Waals surface area contributed by atoms with Gasteiger partial charge in [-0.3, -0.25) is 4.79 Å².